The zero-order valence-electron chi connectivity index (χ0n) is 13.7. The monoisotopic (exact) mass is 337 g/mol. The van der Waals surface area contributed by atoms with Crippen LogP contribution >= 0.6 is 11.6 Å². The van der Waals surface area contributed by atoms with E-state index >= 15 is 0 Å². The minimum absolute atomic E-state index is 0.00994. The van der Waals surface area contributed by atoms with Crippen molar-refractivity contribution in [3.63, 3.8) is 0 Å². The number of carbonyl (C=O) groups is 2. The minimum Gasteiger partial charge on any atom is -0.352 e. The predicted molar refractivity (Wildman–Crippen MR) is 91.7 cm³/mol. The molecule has 6 heteroatoms. The van der Waals surface area contributed by atoms with Gasteiger partial charge in [0.15, 0.2) is 0 Å². The summed E-state index contributed by atoms with van der Waals surface area (Å²) in [6.45, 7) is 2.33. The van der Waals surface area contributed by atoms with Crippen LogP contribution in [0, 0.1) is 0 Å². The summed E-state index contributed by atoms with van der Waals surface area (Å²) < 4.78 is 0. The van der Waals surface area contributed by atoms with Gasteiger partial charge in [-0.1, -0.05) is 23.7 Å². The summed E-state index contributed by atoms with van der Waals surface area (Å²) in [6, 6.07) is 7.00. The molecule has 0 spiro atoms. The second-order valence-electron chi connectivity index (χ2n) is 6.02. The third kappa shape index (κ3) is 4.69. The van der Waals surface area contributed by atoms with Gasteiger partial charge in [0.2, 0.25) is 5.91 Å². The summed E-state index contributed by atoms with van der Waals surface area (Å²) in [6.07, 6.45) is 2.78. The van der Waals surface area contributed by atoms with Crippen molar-refractivity contribution in [2.75, 3.05) is 33.7 Å². The number of nitrogens with one attached hydrogen (secondary N) is 1. The molecular weight excluding hydrogens is 314 g/mol. The fourth-order valence-electron chi connectivity index (χ4n) is 2.90. The number of hydrogen-bond acceptors (Lipinski definition) is 3. The first-order valence-corrected chi connectivity index (χ1v) is 8.36. The number of benzene rings is 1. The van der Waals surface area contributed by atoms with Crippen LogP contribution in [0.15, 0.2) is 24.3 Å². The van der Waals surface area contributed by atoms with Crippen molar-refractivity contribution < 1.29 is 9.59 Å². The predicted octanol–water partition coefficient (Wildman–Crippen LogP) is 2.01. The molecule has 1 aromatic carbocycles. The molecule has 2 amide bonds. The molecule has 0 bridgehead atoms. The van der Waals surface area contributed by atoms with Crippen molar-refractivity contribution in [3.8, 4) is 0 Å². The molecule has 23 heavy (non-hydrogen) atoms. The maximum absolute atomic E-state index is 12.1. The normalized spacial score (nSPS) is 18.0. The minimum atomic E-state index is -0.155. The fraction of sp³-hybridized carbons (Fsp3) is 0.529. The molecule has 126 valence electrons. The molecule has 1 fully saturated rings. The number of likely N-dealkylation sites (N-methyl/N-ethyl adjacent to an activating group) is 1. The summed E-state index contributed by atoms with van der Waals surface area (Å²) >= 11 is 6.01. The molecule has 1 aliphatic heterocycles. The van der Waals surface area contributed by atoms with Crippen molar-refractivity contribution in [1.29, 1.82) is 0 Å². The van der Waals surface area contributed by atoms with E-state index < -0.39 is 0 Å². The number of nitrogens with zero attached hydrogens (tertiary/aromatic N) is 2. The van der Waals surface area contributed by atoms with Gasteiger partial charge >= 0.3 is 0 Å². The fourth-order valence-corrected chi connectivity index (χ4v) is 3.12. The van der Waals surface area contributed by atoms with Gasteiger partial charge in [-0.05, 0) is 37.9 Å². The largest absolute Gasteiger partial charge is 0.352 e. The van der Waals surface area contributed by atoms with E-state index in [-0.39, 0.29) is 17.9 Å². The van der Waals surface area contributed by atoms with Gasteiger partial charge in [0.05, 0.1) is 16.6 Å². The highest BCUT2D eigenvalue weighted by Gasteiger charge is 2.30. The van der Waals surface area contributed by atoms with Crippen LogP contribution in [0.4, 0.5) is 0 Å². The van der Waals surface area contributed by atoms with Crippen LogP contribution < -0.4 is 5.32 Å². The average Bonchev–Trinajstić information content (AvgIpc) is 2.99. The molecule has 1 N–H and O–H groups in total. The molecule has 0 unspecified atom stereocenters. The molecule has 0 saturated carbocycles. The number of likely N-dealkylation sites (tertiary alicyclic amines) is 1. The third-order valence-corrected chi connectivity index (χ3v) is 4.45. The Bertz CT molecular complexity index is 563. The first-order valence-electron chi connectivity index (χ1n) is 7.98. The quantitative estimate of drug-likeness (QED) is 0.808. The molecule has 1 heterocycles. The van der Waals surface area contributed by atoms with E-state index in [9.17, 15) is 9.59 Å². The zero-order chi connectivity index (χ0) is 16.8. The standard InChI is InChI=1S/C17H24ClN3O2/c1-20(2)17(23)15-9-5-11-21(15)12-6-10-19-16(22)13-7-3-4-8-14(13)18/h3-4,7-8,15H,5-6,9-12H2,1-2H3,(H,19,22)/t15-/m0/s1. The molecular formula is C17H24ClN3O2. The highest BCUT2D eigenvalue weighted by molar-refractivity contribution is 6.33. The van der Waals surface area contributed by atoms with E-state index in [1.54, 1.807) is 43.3 Å². The lowest BCUT2D eigenvalue weighted by Gasteiger charge is -2.26. The summed E-state index contributed by atoms with van der Waals surface area (Å²) in [5.41, 5.74) is 0.496. The first-order chi connectivity index (χ1) is 11.0. The third-order valence-electron chi connectivity index (χ3n) is 4.12. The maximum Gasteiger partial charge on any atom is 0.252 e. The lowest BCUT2D eigenvalue weighted by Crippen LogP contribution is -2.43. The topological polar surface area (TPSA) is 52.7 Å². The van der Waals surface area contributed by atoms with Gasteiger partial charge < -0.3 is 10.2 Å². The lowest BCUT2D eigenvalue weighted by atomic mass is 10.2. The van der Waals surface area contributed by atoms with Crippen LogP contribution in [0.25, 0.3) is 0 Å². The summed E-state index contributed by atoms with van der Waals surface area (Å²) in [4.78, 5) is 28.0. The Morgan fingerprint density at radius 2 is 2.09 bits per heavy atom. The van der Waals surface area contributed by atoms with Crippen LogP contribution in [0.3, 0.4) is 0 Å². The van der Waals surface area contributed by atoms with E-state index in [1.807, 2.05) is 0 Å². The summed E-state index contributed by atoms with van der Waals surface area (Å²) in [5.74, 6) is 0.0144. The van der Waals surface area contributed by atoms with Crippen LogP contribution in [0.5, 0.6) is 0 Å². The molecule has 1 saturated heterocycles. The Hall–Kier alpha value is -1.59. The lowest BCUT2D eigenvalue weighted by molar-refractivity contribution is -0.133. The van der Waals surface area contributed by atoms with Crippen LogP contribution in [-0.2, 0) is 4.79 Å². The number of rotatable bonds is 6. The van der Waals surface area contributed by atoms with E-state index in [0.29, 0.717) is 17.1 Å². The van der Waals surface area contributed by atoms with Crippen molar-refractivity contribution in [2.45, 2.75) is 25.3 Å². The Morgan fingerprint density at radius 1 is 1.35 bits per heavy atom. The van der Waals surface area contributed by atoms with Gasteiger partial charge in [0.1, 0.15) is 0 Å². The van der Waals surface area contributed by atoms with Crippen molar-refractivity contribution in [2.24, 2.45) is 0 Å². The van der Waals surface area contributed by atoms with Crippen molar-refractivity contribution >= 4 is 23.4 Å². The summed E-state index contributed by atoms with van der Waals surface area (Å²) in [5, 5.41) is 3.34. The number of hydrogen-bond donors (Lipinski definition) is 1. The molecule has 0 aromatic heterocycles. The molecule has 1 atom stereocenters. The van der Waals surface area contributed by atoms with E-state index in [2.05, 4.69) is 10.2 Å². The second-order valence-corrected chi connectivity index (χ2v) is 6.42. The Labute approximate surface area is 142 Å². The van der Waals surface area contributed by atoms with E-state index in [0.717, 1.165) is 32.4 Å². The van der Waals surface area contributed by atoms with Crippen molar-refractivity contribution in [1.82, 2.24) is 15.1 Å². The first kappa shape index (κ1) is 17.8. The summed E-state index contributed by atoms with van der Waals surface area (Å²) in [7, 11) is 3.59. The second kappa shape index (κ2) is 8.31. The molecule has 1 aromatic rings. The molecule has 0 aliphatic carbocycles. The van der Waals surface area contributed by atoms with E-state index in [1.165, 1.54) is 0 Å². The van der Waals surface area contributed by atoms with Gasteiger partial charge in [0, 0.05) is 27.2 Å². The highest BCUT2D eigenvalue weighted by atomic mass is 35.5. The van der Waals surface area contributed by atoms with Gasteiger partial charge in [-0.25, -0.2) is 0 Å². The Morgan fingerprint density at radius 3 is 2.78 bits per heavy atom. The highest BCUT2D eigenvalue weighted by Crippen LogP contribution is 2.19. The number of amides is 2. The van der Waals surface area contributed by atoms with Gasteiger partial charge in [0.25, 0.3) is 5.91 Å². The number of halogens is 1. The molecule has 0 radical (unpaired) electrons. The van der Waals surface area contributed by atoms with Crippen molar-refractivity contribution in [3.05, 3.63) is 34.9 Å². The smallest absolute Gasteiger partial charge is 0.252 e. The van der Waals surface area contributed by atoms with Crippen LogP contribution in [-0.4, -0.2) is 61.4 Å². The Kier molecular flexibility index (Phi) is 6.42. The van der Waals surface area contributed by atoms with Crippen LogP contribution in [0.1, 0.15) is 29.6 Å². The molecule has 5 nitrogen and oxygen atoms in total. The number of carbonyl (C=O) groups excluding carboxylic acids is 2. The maximum atomic E-state index is 12.1. The van der Waals surface area contributed by atoms with E-state index in [4.69, 9.17) is 11.6 Å². The Balaban J connectivity index is 1.76. The van der Waals surface area contributed by atoms with Gasteiger partial charge in [-0.3, -0.25) is 14.5 Å². The van der Waals surface area contributed by atoms with Gasteiger partial charge in [-0.15, -0.1) is 0 Å². The van der Waals surface area contributed by atoms with Gasteiger partial charge in [-0.2, -0.15) is 0 Å². The average molecular weight is 338 g/mol. The molecule has 1 aliphatic rings. The van der Waals surface area contributed by atoms with Crippen LogP contribution in [0.2, 0.25) is 5.02 Å². The molecule has 2 rings (SSSR count). The SMILES string of the molecule is CN(C)C(=O)[C@@H]1CCCN1CCCNC(=O)c1ccccc1Cl. The zero-order valence-corrected chi connectivity index (χ0v) is 14.5.